The summed E-state index contributed by atoms with van der Waals surface area (Å²) in [5.74, 6) is 0.748. The molecule has 2 nitrogen and oxygen atoms in total. The van der Waals surface area contributed by atoms with Crippen LogP contribution in [0.3, 0.4) is 0 Å². The van der Waals surface area contributed by atoms with Crippen LogP contribution in [0.2, 0.25) is 0 Å². The molecule has 0 N–H and O–H groups in total. The summed E-state index contributed by atoms with van der Waals surface area (Å²) >= 11 is 0. The highest BCUT2D eigenvalue weighted by Gasteiger charge is 2.32. The van der Waals surface area contributed by atoms with Crippen molar-refractivity contribution < 1.29 is 0 Å². The van der Waals surface area contributed by atoms with Crippen molar-refractivity contribution in [2.75, 3.05) is 0 Å². The molecule has 0 saturated carbocycles. The maximum absolute atomic E-state index is 2.54. The van der Waals surface area contributed by atoms with Crippen molar-refractivity contribution in [1.82, 2.24) is 9.13 Å². The molecule has 3 aliphatic carbocycles. The monoisotopic (exact) mass is 906 g/mol. The normalized spacial score (nSPS) is 18.4. The summed E-state index contributed by atoms with van der Waals surface area (Å²) in [7, 11) is 0. The van der Waals surface area contributed by atoms with Crippen LogP contribution in [0.4, 0.5) is 0 Å². The predicted molar refractivity (Wildman–Crippen MR) is 299 cm³/mol. The van der Waals surface area contributed by atoms with Gasteiger partial charge < -0.3 is 9.13 Å². The molecular weight excluding hydrogens is 857 g/mol. The van der Waals surface area contributed by atoms with Gasteiger partial charge in [0.1, 0.15) is 0 Å². The number of allylic oxidation sites excluding steroid dienone is 8. The summed E-state index contributed by atoms with van der Waals surface area (Å²) in [6, 6.07) is 81.1. The van der Waals surface area contributed by atoms with Gasteiger partial charge in [0.15, 0.2) is 0 Å². The third-order valence-electron chi connectivity index (χ3n) is 15.6. The molecule has 0 bridgehead atoms. The second-order valence-electron chi connectivity index (χ2n) is 19.6. The van der Waals surface area contributed by atoms with Crippen molar-refractivity contribution >= 4 is 60.3 Å². The molecule has 14 rings (SSSR count). The second kappa shape index (κ2) is 16.8. The average Bonchev–Trinajstić information content (AvgIpc) is 3.95. The van der Waals surface area contributed by atoms with Gasteiger partial charge in [0.05, 0.1) is 17.1 Å². The van der Waals surface area contributed by atoms with E-state index in [1.165, 1.54) is 110 Å². The Morgan fingerprint density at radius 3 is 1.45 bits per heavy atom. The Morgan fingerprint density at radius 1 is 0.366 bits per heavy atom. The van der Waals surface area contributed by atoms with Crippen LogP contribution >= 0.6 is 0 Å². The molecule has 2 heteroatoms. The maximum atomic E-state index is 2.54. The smallest absolute Gasteiger partial charge is 0.0586 e. The van der Waals surface area contributed by atoms with Crippen molar-refractivity contribution in [2.24, 2.45) is 17.8 Å². The van der Waals surface area contributed by atoms with Gasteiger partial charge in [-0.05, 0) is 121 Å². The molecule has 4 unspecified atom stereocenters. The van der Waals surface area contributed by atoms with Crippen LogP contribution in [0.5, 0.6) is 0 Å². The minimum absolute atomic E-state index is 0.199. The molecule has 2 aromatic heterocycles. The topological polar surface area (TPSA) is 9.86 Å². The van der Waals surface area contributed by atoms with Crippen molar-refractivity contribution in [3.8, 4) is 27.9 Å². The van der Waals surface area contributed by atoms with Crippen LogP contribution in [-0.2, 0) is 0 Å². The Kier molecular flexibility index (Phi) is 9.74. The average molecular weight is 907 g/mol. The van der Waals surface area contributed by atoms with E-state index in [0.29, 0.717) is 0 Å². The van der Waals surface area contributed by atoms with E-state index >= 15 is 0 Å². The van der Waals surface area contributed by atoms with E-state index in [-0.39, 0.29) is 23.8 Å². The fraction of sp³-hybridized carbons (Fsp3) is 0.0725. The van der Waals surface area contributed by atoms with Crippen LogP contribution in [0.1, 0.15) is 29.7 Å². The Bertz CT molecular complexity index is 4120. The number of nitrogens with zero attached hydrogens (tertiary/aromatic N) is 2. The van der Waals surface area contributed by atoms with Gasteiger partial charge in [-0.3, -0.25) is 0 Å². The van der Waals surface area contributed by atoms with Gasteiger partial charge >= 0.3 is 0 Å². The summed E-state index contributed by atoms with van der Waals surface area (Å²) in [5.41, 5.74) is 18.8. The summed E-state index contributed by atoms with van der Waals surface area (Å²) in [6.45, 7) is 2.37. The fourth-order valence-corrected chi connectivity index (χ4v) is 12.4. The van der Waals surface area contributed by atoms with Crippen LogP contribution < -0.4 is 10.4 Å². The Labute approximate surface area is 414 Å². The van der Waals surface area contributed by atoms with Crippen molar-refractivity contribution in [1.29, 1.82) is 0 Å². The van der Waals surface area contributed by atoms with Crippen molar-refractivity contribution in [3.05, 3.63) is 288 Å². The summed E-state index contributed by atoms with van der Waals surface area (Å²) in [4.78, 5) is 0. The van der Waals surface area contributed by atoms with Crippen LogP contribution in [0.25, 0.3) is 88.3 Å². The van der Waals surface area contributed by atoms with Crippen LogP contribution in [-0.4, -0.2) is 9.13 Å². The van der Waals surface area contributed by atoms with Gasteiger partial charge in [0.25, 0.3) is 0 Å². The zero-order valence-electron chi connectivity index (χ0n) is 39.5. The van der Waals surface area contributed by atoms with E-state index < -0.39 is 0 Å². The van der Waals surface area contributed by atoms with Gasteiger partial charge in [0.2, 0.25) is 0 Å². The summed E-state index contributed by atoms with van der Waals surface area (Å²) in [6.07, 6.45) is 16.5. The first-order valence-corrected chi connectivity index (χ1v) is 25.1. The lowest BCUT2D eigenvalue weighted by atomic mass is 9.70. The van der Waals surface area contributed by atoms with Crippen molar-refractivity contribution in [3.63, 3.8) is 0 Å². The lowest BCUT2D eigenvalue weighted by Crippen LogP contribution is -2.40. The third kappa shape index (κ3) is 6.70. The number of para-hydroxylation sites is 2. The molecule has 0 radical (unpaired) electrons. The molecule has 0 amide bonds. The summed E-state index contributed by atoms with van der Waals surface area (Å²) in [5, 5.41) is 7.74. The minimum Gasteiger partial charge on any atom is -0.333 e. The quantitative estimate of drug-likeness (QED) is 0.151. The fourth-order valence-electron chi connectivity index (χ4n) is 12.4. The molecule has 3 aliphatic rings. The number of benzene rings is 9. The van der Waals surface area contributed by atoms with E-state index in [1.54, 1.807) is 0 Å². The SMILES string of the molecule is CC1C=C(c2ccc3c(c2)c2cc(-c4ccccc4-c4ccccc4)ccc2n3-c2ccc(C3=c4ccccc4=C(c4ccccc4)C4C=CC=CC34)cc2)C=CC1n1c2ccccc2c2ccccc21. The van der Waals surface area contributed by atoms with Gasteiger partial charge in [-0.2, -0.15) is 0 Å². The second-order valence-corrected chi connectivity index (χ2v) is 19.6. The number of aromatic nitrogens is 2. The zero-order valence-corrected chi connectivity index (χ0v) is 39.5. The number of fused-ring (bicyclic) bond motifs is 8. The van der Waals surface area contributed by atoms with Gasteiger partial charge in [-0.1, -0.05) is 219 Å². The molecule has 0 saturated heterocycles. The molecule has 4 atom stereocenters. The highest BCUT2D eigenvalue weighted by Crippen LogP contribution is 2.44. The molecule has 0 fully saturated rings. The number of rotatable bonds is 7. The van der Waals surface area contributed by atoms with Crippen LogP contribution in [0, 0.1) is 17.8 Å². The van der Waals surface area contributed by atoms with Crippen LogP contribution in [0.15, 0.2) is 261 Å². The largest absolute Gasteiger partial charge is 0.333 e. The van der Waals surface area contributed by atoms with E-state index in [2.05, 4.69) is 277 Å². The van der Waals surface area contributed by atoms with E-state index in [4.69, 9.17) is 0 Å². The Balaban J connectivity index is 0.912. The first kappa shape index (κ1) is 41.3. The van der Waals surface area contributed by atoms with E-state index in [1.807, 2.05) is 0 Å². The number of hydrogen-bond acceptors (Lipinski definition) is 0. The Hall–Kier alpha value is -8.72. The zero-order chi connectivity index (χ0) is 47.0. The molecule has 2 heterocycles. The van der Waals surface area contributed by atoms with E-state index in [0.717, 1.165) is 5.69 Å². The highest BCUT2D eigenvalue weighted by molar-refractivity contribution is 6.12. The summed E-state index contributed by atoms with van der Waals surface area (Å²) < 4.78 is 5.02. The van der Waals surface area contributed by atoms with Gasteiger partial charge in [0, 0.05) is 50.1 Å². The molecule has 0 aliphatic heterocycles. The molecular formula is C69H50N2. The number of hydrogen-bond donors (Lipinski definition) is 0. The molecule has 71 heavy (non-hydrogen) atoms. The lowest BCUT2D eigenvalue weighted by molar-refractivity contribution is 0.511. The van der Waals surface area contributed by atoms with E-state index in [9.17, 15) is 0 Å². The first-order valence-electron chi connectivity index (χ1n) is 25.1. The molecule has 11 aromatic rings. The van der Waals surface area contributed by atoms with Gasteiger partial charge in [-0.15, -0.1) is 0 Å². The van der Waals surface area contributed by atoms with Crippen molar-refractivity contribution in [2.45, 2.75) is 13.0 Å². The standard InChI is InChI=1S/C69H50N2/c1-45-42-49(34-39-63(45)71-64-30-16-14-24-55(64)56-25-15-17-31-65(56)71)50-35-40-66-61(43-50)62-44-51(54-23-9-8-22-53(54)46-18-4-2-5-19-46)36-41-67(62)70(66)52-37-32-48(33-38-52)69-59-28-12-10-26-57(59)68(47-20-6-3-7-21-47)58-27-11-13-29-60(58)69/h2-45,57,59,63H,1H3. The molecule has 336 valence electrons. The first-order chi connectivity index (χ1) is 35.2. The molecule has 0 spiro atoms. The predicted octanol–water partition coefficient (Wildman–Crippen LogP) is 15.8. The maximum Gasteiger partial charge on any atom is 0.0586 e. The Morgan fingerprint density at radius 2 is 0.845 bits per heavy atom. The lowest BCUT2D eigenvalue weighted by Gasteiger charge is -2.33. The highest BCUT2D eigenvalue weighted by atomic mass is 15.0. The van der Waals surface area contributed by atoms with Gasteiger partial charge in [-0.25, -0.2) is 0 Å². The minimum atomic E-state index is 0.199. The third-order valence-corrected chi connectivity index (χ3v) is 15.6. The molecule has 9 aromatic carbocycles.